The van der Waals surface area contributed by atoms with Gasteiger partial charge in [-0.3, -0.25) is 4.79 Å². The summed E-state index contributed by atoms with van der Waals surface area (Å²) in [6.45, 7) is 3.62. The molecular formula is C27H22F3NO3. The topological polar surface area (TPSA) is 51.5 Å². The maximum atomic E-state index is 13.0. The SMILES string of the molecule is COc1c(/C(C)=C/C(=O)Nc2cccc(C(F)(F)F)c2)cc2c(-c3ccccc3)coc2c1C. The fourth-order valence-electron chi connectivity index (χ4n) is 3.94. The summed E-state index contributed by atoms with van der Waals surface area (Å²) in [5.41, 5.74) is 3.86. The van der Waals surface area contributed by atoms with E-state index < -0.39 is 17.6 Å². The van der Waals surface area contributed by atoms with Gasteiger partial charge in [0, 0.05) is 33.8 Å². The molecule has 1 heterocycles. The first-order valence-corrected chi connectivity index (χ1v) is 10.5. The van der Waals surface area contributed by atoms with Gasteiger partial charge in [0.2, 0.25) is 5.91 Å². The number of hydrogen-bond donors (Lipinski definition) is 1. The standard InChI is InChI=1S/C27H22F3NO3/c1-16(12-24(32)31-20-11-7-10-19(13-20)27(28,29)30)21-14-22-23(18-8-5-4-6-9-18)15-34-26(22)17(2)25(21)33-3/h4-15H,1-3H3,(H,31,32)/b16-12+. The van der Waals surface area contributed by atoms with Gasteiger partial charge in [-0.05, 0) is 49.2 Å². The maximum Gasteiger partial charge on any atom is 0.416 e. The number of amides is 1. The summed E-state index contributed by atoms with van der Waals surface area (Å²) in [4.78, 5) is 12.6. The van der Waals surface area contributed by atoms with Gasteiger partial charge >= 0.3 is 6.18 Å². The van der Waals surface area contributed by atoms with Crippen LogP contribution in [0.15, 0.2) is 77.4 Å². The Morgan fingerprint density at radius 2 is 1.79 bits per heavy atom. The van der Waals surface area contributed by atoms with Crippen LogP contribution in [-0.2, 0) is 11.0 Å². The van der Waals surface area contributed by atoms with Crippen LogP contribution < -0.4 is 10.1 Å². The number of halogens is 3. The number of nitrogens with one attached hydrogen (secondary N) is 1. The first-order chi connectivity index (χ1) is 16.2. The van der Waals surface area contributed by atoms with E-state index in [1.807, 2.05) is 43.3 Å². The molecule has 0 saturated carbocycles. The van der Waals surface area contributed by atoms with Gasteiger partial charge in [0.05, 0.1) is 18.9 Å². The molecule has 0 aliphatic heterocycles. The number of alkyl halides is 3. The molecule has 0 saturated heterocycles. The van der Waals surface area contributed by atoms with E-state index in [9.17, 15) is 18.0 Å². The highest BCUT2D eigenvalue weighted by Crippen LogP contribution is 2.40. The van der Waals surface area contributed by atoms with E-state index in [4.69, 9.17) is 9.15 Å². The predicted octanol–water partition coefficient (Wildman–Crippen LogP) is 7.48. The molecule has 7 heteroatoms. The maximum absolute atomic E-state index is 13.0. The zero-order valence-corrected chi connectivity index (χ0v) is 18.8. The molecule has 0 atom stereocenters. The van der Waals surface area contributed by atoms with E-state index >= 15 is 0 Å². The van der Waals surface area contributed by atoms with Crippen LogP contribution in [0.2, 0.25) is 0 Å². The summed E-state index contributed by atoms with van der Waals surface area (Å²) in [5.74, 6) is 0.00850. The van der Waals surface area contributed by atoms with Crippen LogP contribution in [0.3, 0.4) is 0 Å². The minimum atomic E-state index is -4.49. The van der Waals surface area contributed by atoms with Crippen molar-refractivity contribution in [2.45, 2.75) is 20.0 Å². The van der Waals surface area contributed by atoms with E-state index in [1.54, 1.807) is 13.2 Å². The molecule has 0 fully saturated rings. The average molecular weight is 465 g/mol. The summed E-state index contributed by atoms with van der Waals surface area (Å²) < 4.78 is 50.4. The number of rotatable bonds is 5. The van der Waals surface area contributed by atoms with Crippen LogP contribution in [0.25, 0.3) is 27.7 Å². The Hall–Kier alpha value is -4.00. The van der Waals surface area contributed by atoms with Crippen molar-refractivity contribution in [3.05, 3.63) is 89.7 Å². The number of methoxy groups -OCH3 is 1. The first kappa shape index (κ1) is 23.2. The minimum Gasteiger partial charge on any atom is -0.496 e. The number of allylic oxidation sites excluding steroid dienone is 1. The number of ether oxygens (including phenoxy) is 1. The van der Waals surface area contributed by atoms with Crippen molar-refractivity contribution in [1.29, 1.82) is 0 Å². The zero-order valence-electron chi connectivity index (χ0n) is 18.8. The molecule has 4 aromatic rings. The Morgan fingerprint density at radius 3 is 2.47 bits per heavy atom. The van der Waals surface area contributed by atoms with Crippen LogP contribution in [-0.4, -0.2) is 13.0 Å². The Bertz CT molecular complexity index is 1390. The number of furan rings is 1. The lowest BCUT2D eigenvalue weighted by atomic mass is 9.96. The Morgan fingerprint density at radius 1 is 1.06 bits per heavy atom. The van der Waals surface area contributed by atoms with E-state index in [1.165, 1.54) is 25.3 Å². The molecule has 0 unspecified atom stereocenters. The second kappa shape index (κ2) is 9.09. The quantitative estimate of drug-likeness (QED) is 0.311. The largest absolute Gasteiger partial charge is 0.496 e. The molecule has 4 rings (SSSR count). The van der Waals surface area contributed by atoms with Crippen LogP contribution in [0.5, 0.6) is 5.75 Å². The van der Waals surface area contributed by atoms with Crippen LogP contribution in [0.4, 0.5) is 18.9 Å². The molecular weight excluding hydrogens is 443 g/mol. The normalized spacial score (nSPS) is 12.1. The third kappa shape index (κ3) is 4.55. The average Bonchev–Trinajstić information content (AvgIpc) is 3.23. The number of benzene rings is 3. The van der Waals surface area contributed by atoms with E-state index in [2.05, 4.69) is 5.32 Å². The highest BCUT2D eigenvalue weighted by atomic mass is 19.4. The Kier molecular flexibility index (Phi) is 6.20. The van der Waals surface area contributed by atoms with Gasteiger partial charge in [-0.1, -0.05) is 36.4 Å². The van der Waals surface area contributed by atoms with Crippen molar-refractivity contribution in [1.82, 2.24) is 0 Å². The summed E-state index contributed by atoms with van der Waals surface area (Å²) >= 11 is 0. The molecule has 1 N–H and O–H groups in total. The molecule has 3 aromatic carbocycles. The highest BCUT2D eigenvalue weighted by Gasteiger charge is 2.30. The Balaban J connectivity index is 1.71. The third-order valence-corrected chi connectivity index (χ3v) is 5.56. The minimum absolute atomic E-state index is 0.0590. The number of aryl methyl sites for hydroxylation is 1. The van der Waals surface area contributed by atoms with Crippen molar-refractivity contribution in [2.75, 3.05) is 12.4 Å². The fourth-order valence-corrected chi connectivity index (χ4v) is 3.94. The number of carbonyl (C=O) groups excluding carboxylic acids is 1. The van der Waals surface area contributed by atoms with E-state index in [-0.39, 0.29) is 5.69 Å². The summed E-state index contributed by atoms with van der Waals surface area (Å²) in [6.07, 6.45) is -1.46. The van der Waals surface area contributed by atoms with Crippen molar-refractivity contribution in [3.8, 4) is 16.9 Å². The molecule has 4 nitrogen and oxygen atoms in total. The molecule has 34 heavy (non-hydrogen) atoms. The summed E-state index contributed by atoms with van der Waals surface area (Å²) in [6, 6.07) is 16.2. The smallest absolute Gasteiger partial charge is 0.416 e. The molecule has 0 aliphatic rings. The first-order valence-electron chi connectivity index (χ1n) is 10.5. The molecule has 0 radical (unpaired) electrons. The fraction of sp³-hybridized carbons (Fsp3) is 0.148. The molecule has 174 valence electrons. The van der Waals surface area contributed by atoms with Gasteiger partial charge in [0.15, 0.2) is 0 Å². The van der Waals surface area contributed by atoms with Crippen molar-refractivity contribution < 1.29 is 27.1 Å². The molecule has 1 amide bonds. The number of carbonyl (C=O) groups is 1. The lowest BCUT2D eigenvalue weighted by molar-refractivity contribution is -0.137. The monoisotopic (exact) mass is 465 g/mol. The second-order valence-electron chi connectivity index (χ2n) is 7.87. The third-order valence-electron chi connectivity index (χ3n) is 5.56. The number of fused-ring (bicyclic) bond motifs is 1. The van der Waals surface area contributed by atoms with Gasteiger partial charge < -0.3 is 14.5 Å². The molecule has 0 aliphatic carbocycles. The lowest BCUT2D eigenvalue weighted by Crippen LogP contribution is -2.11. The van der Waals surface area contributed by atoms with Crippen LogP contribution in [0, 0.1) is 6.92 Å². The number of anilines is 1. The van der Waals surface area contributed by atoms with E-state index in [0.29, 0.717) is 22.5 Å². The predicted molar refractivity (Wildman–Crippen MR) is 127 cm³/mol. The lowest BCUT2D eigenvalue weighted by Gasteiger charge is -2.13. The van der Waals surface area contributed by atoms with Gasteiger partial charge in [-0.25, -0.2) is 0 Å². The van der Waals surface area contributed by atoms with Gasteiger partial charge in [-0.2, -0.15) is 13.2 Å². The number of hydrogen-bond acceptors (Lipinski definition) is 3. The highest BCUT2D eigenvalue weighted by molar-refractivity contribution is 6.06. The molecule has 0 bridgehead atoms. The van der Waals surface area contributed by atoms with Crippen LogP contribution in [0.1, 0.15) is 23.6 Å². The van der Waals surface area contributed by atoms with Crippen LogP contribution >= 0.6 is 0 Å². The van der Waals surface area contributed by atoms with Crippen molar-refractivity contribution in [2.24, 2.45) is 0 Å². The van der Waals surface area contributed by atoms with Gasteiger partial charge in [0.25, 0.3) is 0 Å². The molecule has 0 spiro atoms. The van der Waals surface area contributed by atoms with Gasteiger partial charge in [0.1, 0.15) is 11.3 Å². The van der Waals surface area contributed by atoms with Crippen molar-refractivity contribution >= 4 is 28.1 Å². The zero-order chi connectivity index (χ0) is 24.5. The van der Waals surface area contributed by atoms with Gasteiger partial charge in [-0.15, -0.1) is 0 Å². The Labute approximate surface area is 194 Å². The van der Waals surface area contributed by atoms with E-state index in [0.717, 1.165) is 34.2 Å². The molecule has 1 aromatic heterocycles. The van der Waals surface area contributed by atoms with Crippen molar-refractivity contribution in [3.63, 3.8) is 0 Å². The summed E-state index contributed by atoms with van der Waals surface area (Å²) in [5, 5.41) is 3.37. The second-order valence-corrected chi connectivity index (χ2v) is 7.87. The summed E-state index contributed by atoms with van der Waals surface area (Å²) in [7, 11) is 1.54.